The lowest BCUT2D eigenvalue weighted by Crippen LogP contribution is -2.52. The number of hydrogen-bond acceptors (Lipinski definition) is 4. The fraction of sp³-hybridized carbons (Fsp3) is 0.281. The molecule has 0 radical (unpaired) electrons. The molecule has 8 heteroatoms. The monoisotopic (exact) mass is 559 g/mol. The van der Waals surface area contributed by atoms with E-state index in [1.165, 1.54) is 11.9 Å². The van der Waals surface area contributed by atoms with Crippen molar-refractivity contribution in [3.63, 3.8) is 0 Å². The van der Waals surface area contributed by atoms with Gasteiger partial charge in [0.2, 0.25) is 5.91 Å². The van der Waals surface area contributed by atoms with E-state index in [0.29, 0.717) is 21.8 Å². The number of carbonyl (C=O) groups excluding carboxylic acids is 3. The number of halogens is 1. The second-order valence-corrected chi connectivity index (χ2v) is 10.8. The van der Waals surface area contributed by atoms with Crippen LogP contribution in [0.5, 0.6) is 0 Å². The molecule has 2 N–H and O–H groups in total. The number of aryl methyl sites for hydroxylation is 1. The van der Waals surface area contributed by atoms with Crippen molar-refractivity contribution in [3.05, 3.63) is 100 Å². The molecule has 208 valence electrons. The zero-order chi connectivity index (χ0) is 29.4. The lowest BCUT2D eigenvalue weighted by Gasteiger charge is -2.32. The Morgan fingerprint density at radius 3 is 2.23 bits per heavy atom. The maximum absolute atomic E-state index is 14.0. The molecule has 3 rings (SSSR count). The van der Waals surface area contributed by atoms with Gasteiger partial charge in [-0.05, 0) is 62.6 Å². The number of rotatable bonds is 8. The van der Waals surface area contributed by atoms with Crippen LogP contribution in [-0.4, -0.2) is 41.5 Å². The van der Waals surface area contributed by atoms with Crippen LogP contribution in [-0.2, 0) is 20.7 Å². The van der Waals surface area contributed by atoms with Gasteiger partial charge in [0, 0.05) is 19.0 Å². The van der Waals surface area contributed by atoms with Gasteiger partial charge >= 0.3 is 6.09 Å². The van der Waals surface area contributed by atoms with Gasteiger partial charge in [-0.3, -0.25) is 9.59 Å². The van der Waals surface area contributed by atoms with Crippen LogP contribution >= 0.6 is 11.6 Å². The Morgan fingerprint density at radius 1 is 1.00 bits per heavy atom. The first-order valence-corrected chi connectivity index (χ1v) is 13.2. The van der Waals surface area contributed by atoms with Gasteiger partial charge in [-0.1, -0.05) is 72.1 Å². The summed E-state index contributed by atoms with van der Waals surface area (Å²) in [6.07, 6.45) is 4.98. The van der Waals surface area contributed by atoms with Crippen LogP contribution in [0.3, 0.4) is 0 Å². The van der Waals surface area contributed by atoms with Crippen LogP contribution in [0.15, 0.2) is 72.8 Å². The quantitative estimate of drug-likeness (QED) is 0.336. The average Bonchev–Trinajstić information content (AvgIpc) is 2.90. The molecule has 0 aliphatic rings. The fourth-order valence-electron chi connectivity index (χ4n) is 4.17. The van der Waals surface area contributed by atoms with E-state index in [4.69, 9.17) is 22.8 Å². The molecule has 0 saturated heterocycles. The maximum atomic E-state index is 14.0. The topological polar surface area (TPSA) is 87.7 Å². The van der Waals surface area contributed by atoms with Crippen molar-refractivity contribution in [1.29, 1.82) is 0 Å². The summed E-state index contributed by atoms with van der Waals surface area (Å²) in [7, 11) is 1.52. The van der Waals surface area contributed by atoms with E-state index in [1.807, 2.05) is 43.3 Å². The van der Waals surface area contributed by atoms with E-state index in [0.717, 1.165) is 11.1 Å². The van der Waals surface area contributed by atoms with E-state index < -0.39 is 35.6 Å². The second-order valence-electron chi connectivity index (χ2n) is 10.4. The number of amides is 3. The first-order chi connectivity index (χ1) is 18.9. The highest BCUT2D eigenvalue weighted by molar-refractivity contribution is 6.34. The van der Waals surface area contributed by atoms with Gasteiger partial charge in [0.05, 0.1) is 10.7 Å². The summed E-state index contributed by atoms with van der Waals surface area (Å²) in [5.41, 5.74) is 2.46. The second kappa shape index (κ2) is 13.2. The molecule has 3 aromatic rings. The summed E-state index contributed by atoms with van der Waals surface area (Å²) in [5.74, 6) is 1.60. The smallest absolute Gasteiger partial charge is 0.408 e. The molecule has 3 aromatic carbocycles. The normalized spacial score (nSPS) is 12.4. The summed E-state index contributed by atoms with van der Waals surface area (Å²) < 4.78 is 5.43. The number of terminal acetylenes is 1. The molecule has 0 aromatic heterocycles. The Bertz CT molecular complexity index is 1370. The van der Waals surface area contributed by atoms with Crippen LogP contribution in [0, 0.1) is 19.3 Å². The number of carbonyl (C=O) groups is 3. The van der Waals surface area contributed by atoms with Gasteiger partial charge in [0.15, 0.2) is 0 Å². The zero-order valence-corrected chi connectivity index (χ0v) is 24.1. The number of benzene rings is 3. The van der Waals surface area contributed by atoms with Crippen molar-refractivity contribution < 1.29 is 19.1 Å². The highest BCUT2D eigenvalue weighted by Gasteiger charge is 2.34. The number of nitrogens with zero attached hydrogens (tertiary/aromatic N) is 1. The molecule has 3 amide bonds. The Morgan fingerprint density at radius 2 is 1.65 bits per heavy atom. The van der Waals surface area contributed by atoms with Crippen molar-refractivity contribution >= 4 is 35.2 Å². The summed E-state index contributed by atoms with van der Waals surface area (Å²) >= 11 is 6.38. The lowest BCUT2D eigenvalue weighted by molar-refractivity contribution is -0.139. The SMILES string of the molecule is C#Cc1ccc(C(C(=O)Nc2c(C)cccc2Cl)N(C)C(=O)C(Cc2ccccc2)NC(=O)OC(C)(C)C)cc1. The minimum atomic E-state index is -1.06. The Labute approximate surface area is 240 Å². The van der Waals surface area contributed by atoms with Gasteiger partial charge < -0.3 is 20.3 Å². The molecule has 0 saturated carbocycles. The Hall–Kier alpha value is -4.28. The number of anilines is 1. The molecular weight excluding hydrogens is 526 g/mol. The third-order valence-corrected chi connectivity index (χ3v) is 6.43. The van der Waals surface area contributed by atoms with Gasteiger partial charge in [0.1, 0.15) is 17.7 Å². The largest absolute Gasteiger partial charge is 0.444 e. The molecule has 2 unspecified atom stereocenters. The van der Waals surface area contributed by atoms with Crippen molar-refractivity contribution in [2.24, 2.45) is 0 Å². The summed E-state index contributed by atoms with van der Waals surface area (Å²) in [6, 6.07) is 19.3. The van der Waals surface area contributed by atoms with E-state index in [-0.39, 0.29) is 6.42 Å². The molecule has 0 fully saturated rings. The molecule has 0 aliphatic heterocycles. The van der Waals surface area contributed by atoms with Crippen molar-refractivity contribution in [2.45, 2.75) is 51.8 Å². The van der Waals surface area contributed by atoms with Crippen molar-refractivity contribution in [1.82, 2.24) is 10.2 Å². The molecule has 7 nitrogen and oxygen atoms in total. The third-order valence-electron chi connectivity index (χ3n) is 6.12. The number of alkyl carbamates (subject to hydrolysis) is 1. The molecule has 0 spiro atoms. The van der Waals surface area contributed by atoms with Crippen LogP contribution < -0.4 is 10.6 Å². The first kappa shape index (κ1) is 30.3. The summed E-state index contributed by atoms with van der Waals surface area (Å²) in [5, 5.41) is 5.96. The average molecular weight is 560 g/mol. The molecular formula is C32H34ClN3O4. The van der Waals surface area contributed by atoms with Gasteiger partial charge in [-0.15, -0.1) is 6.42 Å². The Balaban J connectivity index is 1.99. The number of nitrogens with one attached hydrogen (secondary N) is 2. The van der Waals surface area contributed by atoms with Crippen LogP contribution in [0.1, 0.15) is 49.1 Å². The van der Waals surface area contributed by atoms with Crippen molar-refractivity contribution in [2.75, 3.05) is 12.4 Å². The molecule has 2 atom stereocenters. The maximum Gasteiger partial charge on any atom is 0.408 e. The van der Waals surface area contributed by atoms with Crippen LogP contribution in [0.25, 0.3) is 0 Å². The minimum absolute atomic E-state index is 0.192. The van der Waals surface area contributed by atoms with Crippen LogP contribution in [0.2, 0.25) is 5.02 Å². The van der Waals surface area contributed by atoms with E-state index >= 15 is 0 Å². The highest BCUT2D eigenvalue weighted by atomic mass is 35.5. The van der Waals surface area contributed by atoms with Crippen LogP contribution in [0.4, 0.5) is 10.5 Å². The lowest BCUT2D eigenvalue weighted by atomic mass is 10.00. The van der Waals surface area contributed by atoms with E-state index in [9.17, 15) is 14.4 Å². The van der Waals surface area contributed by atoms with Gasteiger partial charge in [-0.2, -0.15) is 0 Å². The number of para-hydroxylation sites is 1. The highest BCUT2D eigenvalue weighted by Crippen LogP contribution is 2.29. The molecule has 0 heterocycles. The summed E-state index contributed by atoms with van der Waals surface area (Å²) in [4.78, 5) is 41.8. The van der Waals surface area contributed by atoms with E-state index in [2.05, 4.69) is 16.6 Å². The molecule has 0 aliphatic carbocycles. The fourth-order valence-corrected chi connectivity index (χ4v) is 4.44. The number of ether oxygens (including phenoxy) is 1. The van der Waals surface area contributed by atoms with Crippen molar-refractivity contribution in [3.8, 4) is 12.3 Å². The van der Waals surface area contributed by atoms with Gasteiger partial charge in [-0.25, -0.2) is 4.79 Å². The predicted octanol–water partition coefficient (Wildman–Crippen LogP) is 5.90. The van der Waals surface area contributed by atoms with Gasteiger partial charge in [0.25, 0.3) is 5.91 Å². The third kappa shape index (κ3) is 8.11. The zero-order valence-electron chi connectivity index (χ0n) is 23.3. The molecule has 40 heavy (non-hydrogen) atoms. The number of hydrogen-bond donors (Lipinski definition) is 2. The molecule has 0 bridgehead atoms. The summed E-state index contributed by atoms with van der Waals surface area (Å²) in [6.45, 7) is 7.05. The number of likely N-dealkylation sites (N-methyl/N-ethyl adjacent to an activating group) is 1. The van der Waals surface area contributed by atoms with E-state index in [1.54, 1.807) is 57.2 Å². The minimum Gasteiger partial charge on any atom is -0.444 e. The Kier molecular flexibility index (Phi) is 9.98. The predicted molar refractivity (Wildman–Crippen MR) is 158 cm³/mol. The first-order valence-electron chi connectivity index (χ1n) is 12.8. The standard InChI is InChI=1S/C32H34ClN3O4/c1-7-22-16-18-24(19-17-22)28(29(37)35-27-21(2)12-11-15-25(27)33)36(6)30(38)26(20-23-13-9-8-10-14-23)34-31(39)40-32(3,4)5/h1,8-19,26,28H,20H2,2-6H3,(H,34,39)(H,35,37).